The lowest BCUT2D eigenvalue weighted by Crippen LogP contribution is -2.51. The molecule has 1 aromatic heterocycles. The van der Waals surface area contributed by atoms with E-state index in [2.05, 4.69) is 10.6 Å². The van der Waals surface area contributed by atoms with Crippen molar-refractivity contribution < 1.29 is 14.4 Å². The summed E-state index contributed by atoms with van der Waals surface area (Å²) < 4.78 is 0. The van der Waals surface area contributed by atoms with Crippen LogP contribution in [0, 0.1) is 0 Å². The van der Waals surface area contributed by atoms with Crippen LogP contribution in [-0.4, -0.2) is 41.2 Å². The van der Waals surface area contributed by atoms with Gasteiger partial charge in [-0.2, -0.15) is 0 Å². The van der Waals surface area contributed by atoms with Crippen LogP contribution in [0.2, 0.25) is 0 Å². The molecule has 3 amide bonds. The van der Waals surface area contributed by atoms with Crippen LogP contribution in [0.15, 0.2) is 47.8 Å². The lowest BCUT2D eigenvalue weighted by Gasteiger charge is -2.34. The molecule has 1 heterocycles. The van der Waals surface area contributed by atoms with Gasteiger partial charge in [-0.05, 0) is 44.2 Å². The van der Waals surface area contributed by atoms with Crippen molar-refractivity contribution in [1.82, 2.24) is 15.5 Å². The maximum absolute atomic E-state index is 13.2. The van der Waals surface area contributed by atoms with Gasteiger partial charge in [0, 0.05) is 12.1 Å². The maximum atomic E-state index is 13.2. The Bertz CT molecular complexity index is 829. The number of nitrogens with zero attached hydrogens (tertiary/aromatic N) is 1. The van der Waals surface area contributed by atoms with Crippen LogP contribution in [0.5, 0.6) is 0 Å². The molecule has 0 aliphatic heterocycles. The summed E-state index contributed by atoms with van der Waals surface area (Å²) in [6, 6.07) is 12.0. The van der Waals surface area contributed by atoms with Crippen LogP contribution in [0.1, 0.15) is 61.8 Å². The number of carbonyl (C=O) groups excluding carboxylic acids is 3. The molecular formula is C23H31N3O3S. The van der Waals surface area contributed by atoms with E-state index in [1.807, 2.05) is 63.4 Å². The van der Waals surface area contributed by atoms with Gasteiger partial charge in [0.05, 0.1) is 11.4 Å². The maximum Gasteiger partial charge on any atom is 0.261 e. The monoisotopic (exact) mass is 429 g/mol. The lowest BCUT2D eigenvalue weighted by atomic mass is 10.0. The normalized spacial score (nSPS) is 12.1. The number of rotatable bonds is 9. The summed E-state index contributed by atoms with van der Waals surface area (Å²) in [5.41, 5.74) is 0.310. The van der Waals surface area contributed by atoms with Crippen molar-refractivity contribution in [2.45, 2.75) is 52.1 Å². The first-order chi connectivity index (χ1) is 14.2. The Kier molecular flexibility index (Phi) is 8.59. The van der Waals surface area contributed by atoms with Gasteiger partial charge in [-0.3, -0.25) is 14.4 Å². The smallest absolute Gasteiger partial charge is 0.261 e. The van der Waals surface area contributed by atoms with Crippen LogP contribution in [0.25, 0.3) is 0 Å². The molecule has 0 spiro atoms. The second-order valence-electron chi connectivity index (χ2n) is 8.15. The summed E-state index contributed by atoms with van der Waals surface area (Å²) in [5.74, 6) is -0.807. The van der Waals surface area contributed by atoms with Crippen molar-refractivity contribution in [2.24, 2.45) is 0 Å². The first-order valence-electron chi connectivity index (χ1n) is 10.2. The molecule has 162 valence electrons. The third-order valence-electron chi connectivity index (χ3n) is 4.39. The van der Waals surface area contributed by atoms with Gasteiger partial charge < -0.3 is 15.5 Å². The lowest BCUT2D eigenvalue weighted by molar-refractivity contribution is -0.140. The quantitative estimate of drug-likeness (QED) is 0.637. The molecule has 2 aromatic rings. The van der Waals surface area contributed by atoms with Crippen molar-refractivity contribution in [3.63, 3.8) is 0 Å². The largest absolute Gasteiger partial charge is 0.349 e. The molecule has 2 N–H and O–H groups in total. The van der Waals surface area contributed by atoms with Gasteiger partial charge in [0.2, 0.25) is 11.8 Å². The minimum absolute atomic E-state index is 0.160. The van der Waals surface area contributed by atoms with E-state index in [0.717, 1.165) is 18.4 Å². The van der Waals surface area contributed by atoms with E-state index in [9.17, 15) is 14.4 Å². The van der Waals surface area contributed by atoms with E-state index in [0.29, 0.717) is 11.4 Å². The van der Waals surface area contributed by atoms with Crippen molar-refractivity contribution >= 4 is 29.1 Å². The van der Waals surface area contributed by atoms with Gasteiger partial charge in [-0.1, -0.05) is 49.7 Å². The second-order valence-corrected chi connectivity index (χ2v) is 9.10. The predicted octanol–water partition coefficient (Wildman–Crippen LogP) is 3.76. The minimum Gasteiger partial charge on any atom is -0.349 e. The summed E-state index contributed by atoms with van der Waals surface area (Å²) >= 11 is 1.32. The second kappa shape index (κ2) is 10.9. The Morgan fingerprint density at radius 1 is 1.07 bits per heavy atom. The van der Waals surface area contributed by atoms with Crippen molar-refractivity contribution in [1.29, 1.82) is 0 Å². The zero-order chi connectivity index (χ0) is 22.1. The highest BCUT2D eigenvalue weighted by Crippen LogP contribution is 2.23. The number of unbranched alkanes of at least 4 members (excludes halogenated alkanes) is 1. The van der Waals surface area contributed by atoms with Crippen LogP contribution in [0.3, 0.4) is 0 Å². The van der Waals surface area contributed by atoms with Gasteiger partial charge >= 0.3 is 0 Å². The molecule has 0 unspecified atom stereocenters. The van der Waals surface area contributed by atoms with E-state index in [1.165, 1.54) is 11.3 Å². The molecular weight excluding hydrogens is 398 g/mol. The van der Waals surface area contributed by atoms with Gasteiger partial charge in [-0.15, -0.1) is 11.3 Å². The van der Waals surface area contributed by atoms with Crippen molar-refractivity contribution in [3.05, 3.63) is 58.3 Å². The molecule has 30 heavy (non-hydrogen) atoms. The highest BCUT2D eigenvalue weighted by molar-refractivity contribution is 7.12. The Morgan fingerprint density at radius 3 is 2.33 bits per heavy atom. The third-order valence-corrected chi connectivity index (χ3v) is 5.26. The first kappa shape index (κ1) is 23.6. The summed E-state index contributed by atoms with van der Waals surface area (Å²) in [6.07, 6.45) is 1.64. The number of hydrogen-bond donors (Lipinski definition) is 2. The van der Waals surface area contributed by atoms with Crippen LogP contribution >= 0.6 is 11.3 Å². The van der Waals surface area contributed by atoms with Crippen LogP contribution in [-0.2, 0) is 9.59 Å². The molecule has 7 heteroatoms. The molecule has 1 atom stereocenters. The average Bonchev–Trinajstić information content (AvgIpc) is 3.23. The molecule has 0 aliphatic rings. The molecule has 0 radical (unpaired) electrons. The fourth-order valence-electron chi connectivity index (χ4n) is 3.02. The Morgan fingerprint density at radius 2 is 1.77 bits per heavy atom. The first-order valence-corrected chi connectivity index (χ1v) is 11.1. The van der Waals surface area contributed by atoms with Gasteiger partial charge in [0.25, 0.3) is 5.91 Å². The summed E-state index contributed by atoms with van der Waals surface area (Å²) in [5, 5.41) is 7.49. The highest BCUT2D eigenvalue weighted by Gasteiger charge is 2.32. The zero-order valence-electron chi connectivity index (χ0n) is 18.1. The summed E-state index contributed by atoms with van der Waals surface area (Å²) in [6.45, 7) is 8.03. The Balaban J connectivity index is 2.26. The number of nitrogens with one attached hydrogen (secondary N) is 2. The van der Waals surface area contributed by atoms with Crippen molar-refractivity contribution in [2.75, 3.05) is 13.1 Å². The minimum atomic E-state index is -0.761. The van der Waals surface area contributed by atoms with Gasteiger partial charge in [0.1, 0.15) is 6.04 Å². The van der Waals surface area contributed by atoms with E-state index in [-0.39, 0.29) is 24.3 Å². The van der Waals surface area contributed by atoms with Crippen LogP contribution in [0.4, 0.5) is 0 Å². The fraction of sp³-hybridized carbons (Fsp3) is 0.435. The predicted molar refractivity (Wildman–Crippen MR) is 120 cm³/mol. The van der Waals surface area contributed by atoms with E-state index in [4.69, 9.17) is 0 Å². The number of carbonyl (C=O) groups is 3. The van der Waals surface area contributed by atoms with Crippen LogP contribution < -0.4 is 10.6 Å². The molecule has 0 bridgehead atoms. The van der Waals surface area contributed by atoms with E-state index >= 15 is 0 Å². The molecule has 0 fully saturated rings. The number of benzene rings is 1. The average molecular weight is 430 g/mol. The molecule has 6 nitrogen and oxygen atoms in total. The molecule has 0 aliphatic carbocycles. The molecule has 0 saturated heterocycles. The highest BCUT2D eigenvalue weighted by atomic mass is 32.1. The number of thiophene rings is 1. The number of hydrogen-bond acceptors (Lipinski definition) is 4. The summed E-state index contributed by atoms with van der Waals surface area (Å²) in [4.78, 5) is 40.7. The standard InChI is InChI=1S/C23H31N3O3S/c1-5-6-14-26(19(27)16-24-21(28)18-13-10-15-30-18)20(17-11-8-7-9-12-17)22(29)25-23(2,3)4/h7-13,15,20H,5-6,14,16H2,1-4H3,(H,24,28)(H,25,29)/t20-/m1/s1. The fourth-order valence-corrected chi connectivity index (χ4v) is 3.66. The number of amides is 3. The molecule has 1 aromatic carbocycles. The Hall–Kier alpha value is -2.67. The van der Waals surface area contributed by atoms with E-state index < -0.39 is 11.6 Å². The summed E-state index contributed by atoms with van der Waals surface area (Å²) in [7, 11) is 0. The Labute approximate surface area is 182 Å². The SMILES string of the molecule is CCCCN(C(=O)CNC(=O)c1cccs1)[C@@H](C(=O)NC(C)(C)C)c1ccccc1. The van der Waals surface area contributed by atoms with Gasteiger partial charge in [0.15, 0.2) is 0 Å². The topological polar surface area (TPSA) is 78.5 Å². The molecule has 2 rings (SSSR count). The zero-order valence-corrected chi connectivity index (χ0v) is 18.9. The third kappa shape index (κ3) is 6.99. The van der Waals surface area contributed by atoms with E-state index in [1.54, 1.807) is 17.0 Å². The molecule has 0 saturated carbocycles. The van der Waals surface area contributed by atoms with Crippen molar-refractivity contribution in [3.8, 4) is 0 Å². The van der Waals surface area contributed by atoms with Gasteiger partial charge in [-0.25, -0.2) is 0 Å².